The van der Waals surface area contributed by atoms with Gasteiger partial charge in [0.15, 0.2) is 11.5 Å². The quantitative estimate of drug-likeness (QED) is 0.591. The zero-order chi connectivity index (χ0) is 23.6. The molecular formula is C20H27F3N4O5S. The molecule has 0 aliphatic carbocycles. The van der Waals surface area contributed by atoms with Crippen LogP contribution in [0, 0.1) is 0 Å². The monoisotopic (exact) mass is 492 g/mol. The molecule has 0 N–H and O–H groups in total. The number of hydrogen-bond donors (Lipinski definition) is 0. The Kier molecular flexibility index (Phi) is 7.03. The van der Waals surface area contributed by atoms with Gasteiger partial charge in [0.1, 0.15) is 13.2 Å². The van der Waals surface area contributed by atoms with Gasteiger partial charge in [-0.05, 0) is 12.1 Å². The molecule has 9 nitrogen and oxygen atoms in total. The number of carbonyl (C=O) groups is 1. The molecule has 4 rings (SSSR count). The lowest BCUT2D eigenvalue weighted by Crippen LogP contribution is -2.55. The van der Waals surface area contributed by atoms with Crippen molar-refractivity contribution >= 4 is 15.9 Å². The third-order valence-corrected chi connectivity index (χ3v) is 7.86. The fraction of sp³-hybridized carbons (Fsp3) is 0.650. The number of ether oxygens (including phenoxy) is 2. The van der Waals surface area contributed by atoms with Crippen LogP contribution in [-0.2, 0) is 14.8 Å². The highest BCUT2D eigenvalue weighted by atomic mass is 32.2. The van der Waals surface area contributed by atoms with Gasteiger partial charge in [0, 0.05) is 58.4 Å². The third kappa shape index (κ3) is 5.89. The number of hydrogen-bond acceptors (Lipinski definition) is 7. The van der Waals surface area contributed by atoms with E-state index in [4.69, 9.17) is 9.47 Å². The van der Waals surface area contributed by atoms with Gasteiger partial charge in [0.05, 0.1) is 18.0 Å². The van der Waals surface area contributed by atoms with E-state index in [-0.39, 0.29) is 56.6 Å². The van der Waals surface area contributed by atoms with Crippen LogP contribution in [-0.4, -0.2) is 118 Å². The lowest BCUT2D eigenvalue weighted by molar-refractivity contribution is -0.150. The summed E-state index contributed by atoms with van der Waals surface area (Å²) in [5.41, 5.74) is 0. The van der Waals surface area contributed by atoms with Crippen molar-refractivity contribution in [2.24, 2.45) is 0 Å². The summed E-state index contributed by atoms with van der Waals surface area (Å²) in [4.78, 5) is 17.6. The van der Waals surface area contributed by atoms with Crippen LogP contribution in [0.3, 0.4) is 0 Å². The molecular weight excluding hydrogens is 465 g/mol. The van der Waals surface area contributed by atoms with Crippen molar-refractivity contribution in [1.29, 1.82) is 0 Å². The zero-order valence-corrected chi connectivity index (χ0v) is 18.9. The van der Waals surface area contributed by atoms with Gasteiger partial charge in [-0.25, -0.2) is 8.42 Å². The van der Waals surface area contributed by atoms with Crippen LogP contribution in [0.1, 0.15) is 0 Å². The molecule has 0 radical (unpaired) electrons. The molecule has 3 aliphatic heterocycles. The molecule has 0 saturated carbocycles. The molecule has 1 aromatic carbocycles. The number of fused-ring (bicyclic) bond motifs is 1. The number of rotatable bonds is 5. The van der Waals surface area contributed by atoms with Crippen molar-refractivity contribution in [3.05, 3.63) is 18.2 Å². The van der Waals surface area contributed by atoms with E-state index < -0.39 is 22.7 Å². The van der Waals surface area contributed by atoms with Crippen molar-refractivity contribution in [1.82, 2.24) is 19.0 Å². The smallest absolute Gasteiger partial charge is 0.401 e. The number of benzene rings is 1. The summed E-state index contributed by atoms with van der Waals surface area (Å²) >= 11 is 0. The molecule has 0 bridgehead atoms. The fourth-order valence-corrected chi connectivity index (χ4v) is 5.60. The molecule has 3 heterocycles. The number of amides is 1. The second-order valence-electron chi connectivity index (χ2n) is 8.26. The number of sulfonamides is 1. The predicted octanol–water partition coefficient (Wildman–Crippen LogP) is 0.471. The van der Waals surface area contributed by atoms with Crippen LogP contribution in [0.4, 0.5) is 13.2 Å². The topological polar surface area (TPSA) is 82.6 Å². The van der Waals surface area contributed by atoms with E-state index in [9.17, 15) is 26.4 Å². The molecule has 184 valence electrons. The van der Waals surface area contributed by atoms with E-state index in [0.717, 1.165) is 0 Å². The van der Waals surface area contributed by atoms with Crippen LogP contribution >= 0.6 is 0 Å². The SMILES string of the molecule is O=C(CN1CCN(CC(F)(F)F)CC1)N1CCN(S(=O)(=O)c2ccc3c(c2)OCCO3)CC1. The lowest BCUT2D eigenvalue weighted by atomic mass is 10.3. The molecule has 2 saturated heterocycles. The van der Waals surface area contributed by atoms with Crippen LogP contribution in [0.15, 0.2) is 23.1 Å². The molecule has 0 spiro atoms. The summed E-state index contributed by atoms with van der Waals surface area (Å²) in [6.07, 6.45) is -4.22. The van der Waals surface area contributed by atoms with Crippen LogP contribution in [0.2, 0.25) is 0 Å². The Bertz CT molecular complexity index is 959. The van der Waals surface area contributed by atoms with Crippen molar-refractivity contribution < 1.29 is 35.9 Å². The number of piperazine rings is 2. The minimum absolute atomic E-state index is 0.114. The van der Waals surface area contributed by atoms with Gasteiger partial charge in [-0.2, -0.15) is 17.5 Å². The van der Waals surface area contributed by atoms with Crippen molar-refractivity contribution in [3.63, 3.8) is 0 Å². The van der Waals surface area contributed by atoms with Crippen molar-refractivity contribution in [3.8, 4) is 11.5 Å². The molecule has 1 aromatic rings. The molecule has 0 atom stereocenters. The second kappa shape index (κ2) is 9.65. The van der Waals surface area contributed by atoms with Gasteiger partial charge >= 0.3 is 6.18 Å². The van der Waals surface area contributed by atoms with Gasteiger partial charge in [0.2, 0.25) is 15.9 Å². The number of alkyl halides is 3. The van der Waals surface area contributed by atoms with E-state index in [1.165, 1.54) is 21.3 Å². The zero-order valence-electron chi connectivity index (χ0n) is 18.1. The molecule has 2 fully saturated rings. The van der Waals surface area contributed by atoms with E-state index >= 15 is 0 Å². The molecule has 0 unspecified atom stereocenters. The molecule has 1 amide bonds. The highest BCUT2D eigenvalue weighted by molar-refractivity contribution is 7.89. The largest absolute Gasteiger partial charge is 0.486 e. The van der Waals surface area contributed by atoms with Crippen LogP contribution in [0.25, 0.3) is 0 Å². The first-order valence-electron chi connectivity index (χ1n) is 10.8. The van der Waals surface area contributed by atoms with Crippen LogP contribution < -0.4 is 9.47 Å². The highest BCUT2D eigenvalue weighted by Gasteiger charge is 2.34. The van der Waals surface area contributed by atoms with Crippen molar-refractivity contribution in [2.75, 3.05) is 78.7 Å². The second-order valence-corrected chi connectivity index (χ2v) is 10.2. The Labute approximate surface area is 190 Å². The van der Waals surface area contributed by atoms with Crippen molar-refractivity contribution in [2.45, 2.75) is 11.1 Å². The lowest BCUT2D eigenvalue weighted by Gasteiger charge is -2.37. The maximum atomic E-state index is 13.0. The maximum Gasteiger partial charge on any atom is 0.401 e. The first-order valence-corrected chi connectivity index (χ1v) is 12.2. The summed E-state index contributed by atoms with van der Waals surface area (Å²) < 4.78 is 75.9. The number of carbonyl (C=O) groups excluding carboxylic acids is 1. The first-order chi connectivity index (χ1) is 15.6. The van der Waals surface area contributed by atoms with E-state index in [1.807, 2.05) is 4.90 Å². The number of nitrogens with zero attached hydrogens (tertiary/aromatic N) is 4. The highest BCUT2D eigenvalue weighted by Crippen LogP contribution is 2.33. The third-order valence-electron chi connectivity index (χ3n) is 5.97. The summed E-state index contributed by atoms with van der Waals surface area (Å²) in [6.45, 7) is 2.11. The summed E-state index contributed by atoms with van der Waals surface area (Å²) in [7, 11) is -3.74. The molecule has 3 aliphatic rings. The Morgan fingerprint density at radius 3 is 2.12 bits per heavy atom. The van der Waals surface area contributed by atoms with E-state index in [0.29, 0.717) is 37.8 Å². The summed E-state index contributed by atoms with van der Waals surface area (Å²) in [5.74, 6) is 0.761. The molecule has 13 heteroatoms. The molecule has 33 heavy (non-hydrogen) atoms. The average Bonchev–Trinajstić information content (AvgIpc) is 2.79. The average molecular weight is 493 g/mol. The Balaban J connectivity index is 1.27. The van der Waals surface area contributed by atoms with Gasteiger partial charge in [-0.1, -0.05) is 0 Å². The van der Waals surface area contributed by atoms with Gasteiger partial charge < -0.3 is 14.4 Å². The Hall–Kier alpha value is -2.09. The minimum Gasteiger partial charge on any atom is -0.486 e. The summed E-state index contributed by atoms with van der Waals surface area (Å²) in [6, 6.07) is 4.52. The predicted molar refractivity (Wildman–Crippen MR) is 112 cm³/mol. The normalized spacial score (nSPS) is 21.2. The fourth-order valence-electron chi connectivity index (χ4n) is 4.16. The Morgan fingerprint density at radius 1 is 0.879 bits per heavy atom. The van der Waals surface area contributed by atoms with Gasteiger partial charge in [-0.3, -0.25) is 14.6 Å². The van der Waals surface area contributed by atoms with Gasteiger partial charge in [0.25, 0.3) is 0 Å². The van der Waals surface area contributed by atoms with E-state index in [2.05, 4.69) is 0 Å². The van der Waals surface area contributed by atoms with Crippen LogP contribution in [0.5, 0.6) is 11.5 Å². The maximum absolute atomic E-state index is 13.0. The minimum atomic E-state index is -4.22. The standard InChI is InChI=1S/C20H27F3N4O5S/c21-20(22,23)15-25-5-3-24(4-6-25)14-19(28)26-7-9-27(10-8-26)33(29,30)16-1-2-17-18(13-16)32-12-11-31-17/h1-2,13H,3-12,14-15H2. The Morgan fingerprint density at radius 2 is 1.48 bits per heavy atom. The first kappa shape index (κ1) is 24.0. The molecule has 0 aromatic heterocycles. The summed E-state index contributed by atoms with van der Waals surface area (Å²) in [5, 5.41) is 0. The van der Waals surface area contributed by atoms with E-state index in [1.54, 1.807) is 11.0 Å². The van der Waals surface area contributed by atoms with Gasteiger partial charge in [-0.15, -0.1) is 0 Å². The number of halogens is 3.